The van der Waals surface area contributed by atoms with Crippen molar-refractivity contribution in [2.24, 2.45) is 5.73 Å². The minimum atomic E-state index is -0.517. The first-order chi connectivity index (χ1) is 14.1. The summed E-state index contributed by atoms with van der Waals surface area (Å²) in [7, 11) is 0. The van der Waals surface area contributed by atoms with E-state index in [0.29, 0.717) is 23.6 Å². The van der Waals surface area contributed by atoms with Crippen LogP contribution >= 0.6 is 0 Å². The number of hydrogen-bond donors (Lipinski definition) is 1. The maximum absolute atomic E-state index is 11.7. The van der Waals surface area contributed by atoms with Gasteiger partial charge in [0.1, 0.15) is 6.10 Å². The normalized spacial score (nSPS) is 15.9. The van der Waals surface area contributed by atoms with E-state index in [1.54, 1.807) is 12.1 Å². The summed E-state index contributed by atoms with van der Waals surface area (Å²) < 4.78 is 5.94. The van der Waals surface area contributed by atoms with Gasteiger partial charge in [0.2, 0.25) is 11.8 Å². The van der Waals surface area contributed by atoms with Gasteiger partial charge in [-0.05, 0) is 29.3 Å². The smallest absolute Gasteiger partial charge is 0.250 e. The quantitative estimate of drug-likeness (QED) is 0.656. The molecule has 3 aromatic rings. The summed E-state index contributed by atoms with van der Waals surface area (Å²) in [6.07, 6.45) is 3.09. The highest BCUT2D eigenvalue weighted by atomic mass is 16.5. The Morgan fingerprint density at radius 1 is 1.10 bits per heavy atom. The van der Waals surface area contributed by atoms with Crippen LogP contribution < -0.4 is 15.4 Å². The van der Waals surface area contributed by atoms with Gasteiger partial charge in [0, 0.05) is 36.5 Å². The SMILES string of the molecule is NC(=O)c1ccc(O[C@H]2CCN(c3ccc(-c4ccccc4)cc3C=O)C2)nc1. The number of ether oxygens (including phenoxy) is 1. The van der Waals surface area contributed by atoms with E-state index in [1.807, 2.05) is 48.5 Å². The third kappa shape index (κ3) is 4.11. The van der Waals surface area contributed by atoms with Crippen LogP contribution in [0.25, 0.3) is 11.1 Å². The molecule has 1 amide bonds. The van der Waals surface area contributed by atoms with E-state index < -0.39 is 5.91 Å². The number of aromatic nitrogens is 1. The van der Waals surface area contributed by atoms with E-state index >= 15 is 0 Å². The van der Waals surface area contributed by atoms with Crippen LogP contribution in [0.2, 0.25) is 0 Å². The van der Waals surface area contributed by atoms with Crippen LogP contribution in [-0.4, -0.2) is 36.4 Å². The summed E-state index contributed by atoms with van der Waals surface area (Å²) >= 11 is 0. The van der Waals surface area contributed by atoms with E-state index in [2.05, 4.69) is 9.88 Å². The van der Waals surface area contributed by atoms with Crippen LogP contribution in [0, 0.1) is 0 Å². The number of carbonyl (C=O) groups is 2. The van der Waals surface area contributed by atoms with Gasteiger partial charge in [-0.2, -0.15) is 0 Å². The molecule has 2 heterocycles. The molecule has 0 bridgehead atoms. The van der Waals surface area contributed by atoms with Gasteiger partial charge in [0.15, 0.2) is 6.29 Å². The second-order valence-electron chi connectivity index (χ2n) is 6.98. The molecular weight excluding hydrogens is 366 g/mol. The monoisotopic (exact) mass is 387 g/mol. The van der Waals surface area contributed by atoms with E-state index in [0.717, 1.165) is 36.1 Å². The second-order valence-corrected chi connectivity index (χ2v) is 6.98. The summed E-state index contributed by atoms with van der Waals surface area (Å²) in [5, 5.41) is 0. The molecule has 6 heteroatoms. The van der Waals surface area contributed by atoms with Gasteiger partial charge >= 0.3 is 0 Å². The Hall–Kier alpha value is -3.67. The molecule has 1 aliphatic rings. The van der Waals surface area contributed by atoms with E-state index in [9.17, 15) is 9.59 Å². The molecule has 1 atom stereocenters. The van der Waals surface area contributed by atoms with Gasteiger partial charge in [0.05, 0.1) is 12.1 Å². The molecule has 4 rings (SSSR count). The number of carbonyl (C=O) groups excluding carboxylic acids is 2. The van der Waals surface area contributed by atoms with Gasteiger partial charge in [-0.3, -0.25) is 9.59 Å². The topological polar surface area (TPSA) is 85.5 Å². The molecule has 2 N–H and O–H groups in total. The predicted molar refractivity (Wildman–Crippen MR) is 111 cm³/mol. The highest BCUT2D eigenvalue weighted by molar-refractivity contribution is 5.92. The van der Waals surface area contributed by atoms with Crippen LogP contribution in [0.1, 0.15) is 27.1 Å². The molecule has 1 fully saturated rings. The van der Waals surface area contributed by atoms with Crippen molar-refractivity contribution in [3.05, 3.63) is 78.0 Å². The average molecular weight is 387 g/mol. The first kappa shape index (κ1) is 18.7. The van der Waals surface area contributed by atoms with Crippen molar-refractivity contribution in [3.8, 4) is 17.0 Å². The molecule has 0 radical (unpaired) electrons. The zero-order valence-corrected chi connectivity index (χ0v) is 15.8. The van der Waals surface area contributed by atoms with Crippen molar-refractivity contribution < 1.29 is 14.3 Å². The molecule has 146 valence electrons. The maximum atomic E-state index is 11.7. The minimum Gasteiger partial charge on any atom is -0.472 e. The van der Waals surface area contributed by atoms with Crippen molar-refractivity contribution in [1.82, 2.24) is 4.98 Å². The first-order valence-corrected chi connectivity index (χ1v) is 9.46. The number of pyridine rings is 1. The summed E-state index contributed by atoms with van der Waals surface area (Å²) in [4.78, 5) is 29.2. The van der Waals surface area contributed by atoms with Gasteiger partial charge in [-0.15, -0.1) is 0 Å². The number of benzene rings is 2. The number of nitrogens with zero attached hydrogens (tertiary/aromatic N) is 2. The number of aldehydes is 1. The highest BCUT2D eigenvalue weighted by Gasteiger charge is 2.26. The fourth-order valence-corrected chi connectivity index (χ4v) is 3.56. The Kier molecular flexibility index (Phi) is 5.24. The van der Waals surface area contributed by atoms with Crippen LogP contribution in [-0.2, 0) is 0 Å². The van der Waals surface area contributed by atoms with Crippen LogP contribution in [0.4, 0.5) is 5.69 Å². The number of nitrogens with two attached hydrogens (primary N) is 1. The van der Waals surface area contributed by atoms with Gasteiger partial charge < -0.3 is 15.4 Å². The predicted octanol–water partition coefficient (Wildman–Crippen LogP) is 3.32. The van der Waals surface area contributed by atoms with Crippen molar-refractivity contribution in [2.45, 2.75) is 12.5 Å². The Morgan fingerprint density at radius 2 is 1.93 bits per heavy atom. The molecule has 1 aliphatic heterocycles. The summed E-state index contributed by atoms with van der Waals surface area (Å²) in [5.74, 6) is -0.0617. The Balaban J connectivity index is 1.47. The third-order valence-corrected chi connectivity index (χ3v) is 5.06. The molecule has 0 spiro atoms. The molecule has 0 aliphatic carbocycles. The number of primary amides is 1. The fraction of sp³-hybridized carbons (Fsp3) is 0.174. The zero-order chi connectivity index (χ0) is 20.2. The van der Waals surface area contributed by atoms with Gasteiger partial charge in [0.25, 0.3) is 0 Å². The standard InChI is InChI=1S/C23H21N3O3/c24-23(28)18-7-9-22(25-13-18)29-20-10-11-26(14-20)21-8-6-17(12-19(21)15-27)16-4-2-1-3-5-16/h1-9,12-13,15,20H,10-11,14H2,(H2,24,28)/t20-/m0/s1. The van der Waals surface area contributed by atoms with Crippen molar-refractivity contribution in [2.75, 3.05) is 18.0 Å². The lowest BCUT2D eigenvalue weighted by Crippen LogP contribution is -2.25. The highest BCUT2D eigenvalue weighted by Crippen LogP contribution is 2.29. The molecule has 29 heavy (non-hydrogen) atoms. The summed E-state index contributed by atoms with van der Waals surface area (Å²) in [6.45, 7) is 1.44. The van der Waals surface area contributed by atoms with Crippen LogP contribution in [0.3, 0.4) is 0 Å². The largest absolute Gasteiger partial charge is 0.472 e. The Morgan fingerprint density at radius 3 is 2.62 bits per heavy atom. The molecule has 6 nitrogen and oxygen atoms in total. The van der Waals surface area contributed by atoms with Crippen LogP contribution in [0.5, 0.6) is 5.88 Å². The minimum absolute atomic E-state index is 0.0461. The first-order valence-electron chi connectivity index (χ1n) is 9.46. The number of hydrogen-bond acceptors (Lipinski definition) is 5. The zero-order valence-electron chi connectivity index (χ0n) is 15.8. The Bertz CT molecular complexity index is 1020. The lowest BCUT2D eigenvalue weighted by atomic mass is 10.0. The molecule has 0 unspecified atom stereocenters. The second kappa shape index (κ2) is 8.14. The van der Waals surface area contributed by atoms with E-state index in [4.69, 9.17) is 10.5 Å². The maximum Gasteiger partial charge on any atom is 0.250 e. The Labute approximate surface area is 168 Å². The molecular formula is C23H21N3O3. The number of rotatable bonds is 6. The molecule has 1 aromatic heterocycles. The summed E-state index contributed by atoms with van der Waals surface area (Å²) in [5.41, 5.74) is 9.24. The lowest BCUT2D eigenvalue weighted by molar-refractivity contribution is 0.0999. The van der Waals surface area contributed by atoms with E-state index in [1.165, 1.54) is 6.20 Å². The van der Waals surface area contributed by atoms with Crippen molar-refractivity contribution >= 4 is 17.9 Å². The van der Waals surface area contributed by atoms with Gasteiger partial charge in [-0.25, -0.2) is 4.98 Å². The number of anilines is 1. The lowest BCUT2D eigenvalue weighted by Gasteiger charge is -2.21. The van der Waals surface area contributed by atoms with Crippen molar-refractivity contribution in [3.63, 3.8) is 0 Å². The fourth-order valence-electron chi connectivity index (χ4n) is 3.56. The molecule has 2 aromatic carbocycles. The molecule has 1 saturated heterocycles. The van der Waals surface area contributed by atoms with E-state index in [-0.39, 0.29) is 6.10 Å². The molecule has 0 saturated carbocycles. The number of amides is 1. The third-order valence-electron chi connectivity index (χ3n) is 5.06. The summed E-state index contributed by atoms with van der Waals surface area (Å²) in [6, 6.07) is 19.2. The van der Waals surface area contributed by atoms with Crippen LogP contribution in [0.15, 0.2) is 66.9 Å². The van der Waals surface area contributed by atoms with Crippen molar-refractivity contribution in [1.29, 1.82) is 0 Å². The average Bonchev–Trinajstić information content (AvgIpc) is 3.22. The van der Waals surface area contributed by atoms with Gasteiger partial charge in [-0.1, -0.05) is 36.4 Å².